The minimum absolute atomic E-state index is 0.0516. The normalized spacial score (nSPS) is 13.2. The van der Waals surface area contributed by atoms with E-state index in [0.29, 0.717) is 6.42 Å². The van der Waals surface area contributed by atoms with E-state index in [4.69, 9.17) is 5.11 Å². The van der Waals surface area contributed by atoms with Crippen LogP contribution < -0.4 is 5.32 Å². The second kappa shape index (κ2) is 5.67. The molecule has 0 spiro atoms. The van der Waals surface area contributed by atoms with Crippen molar-refractivity contribution in [3.05, 3.63) is 35.9 Å². The van der Waals surface area contributed by atoms with E-state index >= 15 is 0 Å². The fraction of sp³-hybridized carbons (Fsp3) is 0.364. The molecule has 1 unspecified atom stereocenters. The second-order valence-electron chi connectivity index (χ2n) is 3.47. The standard InChI is InChI=1S/C11H12F3NO2/c12-11(13,14)9(16)10(17)15-7-6-8-4-2-1-3-5-8/h1-5,9,16H,6-7H2,(H,15,17). The highest BCUT2D eigenvalue weighted by Crippen LogP contribution is 2.19. The Morgan fingerprint density at radius 2 is 1.88 bits per heavy atom. The first kappa shape index (κ1) is 13.5. The maximum Gasteiger partial charge on any atom is 0.423 e. The summed E-state index contributed by atoms with van der Waals surface area (Å²) in [6.45, 7) is 0.0516. The van der Waals surface area contributed by atoms with Crippen molar-refractivity contribution < 1.29 is 23.1 Å². The van der Waals surface area contributed by atoms with E-state index in [1.807, 2.05) is 11.4 Å². The molecule has 0 aromatic heterocycles. The van der Waals surface area contributed by atoms with Crippen molar-refractivity contribution in [1.82, 2.24) is 5.32 Å². The molecule has 1 aromatic rings. The Labute approximate surface area is 96.3 Å². The molecule has 0 aliphatic heterocycles. The van der Waals surface area contributed by atoms with Crippen molar-refractivity contribution in [2.24, 2.45) is 0 Å². The number of hydrogen-bond donors (Lipinski definition) is 2. The quantitative estimate of drug-likeness (QED) is 0.841. The average molecular weight is 247 g/mol. The van der Waals surface area contributed by atoms with Gasteiger partial charge in [0.2, 0.25) is 6.10 Å². The van der Waals surface area contributed by atoms with Gasteiger partial charge in [0.15, 0.2) is 0 Å². The Morgan fingerprint density at radius 1 is 1.29 bits per heavy atom. The average Bonchev–Trinajstić information content (AvgIpc) is 2.28. The Balaban J connectivity index is 2.35. The van der Waals surface area contributed by atoms with E-state index < -0.39 is 18.2 Å². The zero-order valence-electron chi connectivity index (χ0n) is 8.87. The van der Waals surface area contributed by atoms with Crippen LogP contribution >= 0.6 is 0 Å². The molecule has 2 N–H and O–H groups in total. The highest BCUT2D eigenvalue weighted by Gasteiger charge is 2.43. The number of nitrogens with one attached hydrogen (secondary N) is 1. The predicted molar refractivity (Wildman–Crippen MR) is 55.2 cm³/mol. The smallest absolute Gasteiger partial charge is 0.376 e. The van der Waals surface area contributed by atoms with Crippen LogP contribution in [0.3, 0.4) is 0 Å². The predicted octanol–water partition coefficient (Wildman–Crippen LogP) is 1.27. The SMILES string of the molecule is O=C(NCCc1ccccc1)C(O)C(F)(F)F. The van der Waals surface area contributed by atoms with Crippen LogP contribution in [0, 0.1) is 0 Å². The lowest BCUT2D eigenvalue weighted by Gasteiger charge is -2.14. The van der Waals surface area contributed by atoms with Gasteiger partial charge in [-0.1, -0.05) is 30.3 Å². The third-order valence-electron chi connectivity index (χ3n) is 2.11. The van der Waals surface area contributed by atoms with Crippen molar-refractivity contribution in [2.45, 2.75) is 18.7 Å². The molecule has 0 aliphatic rings. The van der Waals surface area contributed by atoms with Gasteiger partial charge in [-0.3, -0.25) is 4.79 Å². The lowest BCUT2D eigenvalue weighted by atomic mass is 10.1. The Kier molecular flexibility index (Phi) is 4.51. The van der Waals surface area contributed by atoms with Crippen LogP contribution in [-0.2, 0) is 11.2 Å². The van der Waals surface area contributed by atoms with Crippen LogP contribution in [0.2, 0.25) is 0 Å². The minimum atomic E-state index is -4.92. The van der Waals surface area contributed by atoms with Crippen molar-refractivity contribution in [3.8, 4) is 0 Å². The molecule has 0 saturated carbocycles. The molecule has 94 valence electrons. The molecule has 1 atom stereocenters. The summed E-state index contributed by atoms with van der Waals surface area (Å²) in [6.07, 6.45) is -7.47. The van der Waals surface area contributed by atoms with Gasteiger partial charge in [-0.05, 0) is 12.0 Å². The summed E-state index contributed by atoms with van der Waals surface area (Å²) in [5.41, 5.74) is 0.897. The van der Waals surface area contributed by atoms with Gasteiger partial charge in [0.1, 0.15) is 0 Å². The first-order chi connectivity index (χ1) is 7.91. The molecule has 3 nitrogen and oxygen atoms in total. The van der Waals surface area contributed by atoms with Crippen LogP contribution in [-0.4, -0.2) is 29.8 Å². The maximum atomic E-state index is 11.9. The molecular weight excluding hydrogens is 235 g/mol. The molecule has 0 aliphatic carbocycles. The summed E-state index contributed by atoms with van der Waals surface area (Å²) >= 11 is 0. The third kappa shape index (κ3) is 4.44. The summed E-state index contributed by atoms with van der Waals surface area (Å²) in [4.78, 5) is 10.9. The van der Waals surface area contributed by atoms with Crippen molar-refractivity contribution >= 4 is 5.91 Å². The van der Waals surface area contributed by atoms with Gasteiger partial charge >= 0.3 is 6.18 Å². The van der Waals surface area contributed by atoms with Crippen molar-refractivity contribution in [1.29, 1.82) is 0 Å². The molecule has 0 saturated heterocycles. The summed E-state index contributed by atoms with van der Waals surface area (Å²) in [5, 5.41) is 10.6. The number of amides is 1. The Hall–Kier alpha value is -1.56. The minimum Gasteiger partial charge on any atom is -0.376 e. The van der Waals surface area contributed by atoms with Crippen LogP contribution in [0.25, 0.3) is 0 Å². The molecule has 0 bridgehead atoms. The van der Waals surface area contributed by atoms with E-state index in [-0.39, 0.29) is 6.54 Å². The fourth-order valence-electron chi connectivity index (χ4n) is 1.22. The highest BCUT2D eigenvalue weighted by molar-refractivity contribution is 5.81. The summed E-state index contributed by atoms with van der Waals surface area (Å²) in [5.74, 6) is -1.42. The van der Waals surface area contributed by atoms with Gasteiger partial charge in [0.05, 0.1) is 0 Å². The number of carbonyl (C=O) groups excluding carboxylic acids is 1. The van der Waals surface area contributed by atoms with Crippen molar-refractivity contribution in [2.75, 3.05) is 6.54 Å². The Morgan fingerprint density at radius 3 is 2.41 bits per heavy atom. The monoisotopic (exact) mass is 247 g/mol. The van der Waals surface area contributed by atoms with E-state index in [1.54, 1.807) is 24.3 Å². The number of aliphatic hydroxyl groups excluding tert-OH is 1. The van der Waals surface area contributed by atoms with Crippen LogP contribution in [0.15, 0.2) is 30.3 Å². The largest absolute Gasteiger partial charge is 0.423 e. The summed E-state index contributed by atoms with van der Waals surface area (Å²) in [7, 11) is 0. The Bertz CT molecular complexity index is 365. The number of carbonyl (C=O) groups is 1. The zero-order chi connectivity index (χ0) is 12.9. The van der Waals surface area contributed by atoms with Gasteiger partial charge in [-0.2, -0.15) is 13.2 Å². The second-order valence-corrected chi connectivity index (χ2v) is 3.47. The number of halogens is 3. The van der Waals surface area contributed by atoms with Crippen molar-refractivity contribution in [3.63, 3.8) is 0 Å². The number of aliphatic hydroxyl groups is 1. The van der Waals surface area contributed by atoms with E-state index in [2.05, 4.69) is 0 Å². The molecule has 0 radical (unpaired) electrons. The molecule has 1 amide bonds. The van der Waals surface area contributed by atoms with Gasteiger partial charge in [0.25, 0.3) is 5.91 Å². The molecule has 1 aromatic carbocycles. The van der Waals surface area contributed by atoms with Crippen LogP contribution in [0.4, 0.5) is 13.2 Å². The lowest BCUT2D eigenvalue weighted by molar-refractivity contribution is -0.205. The zero-order valence-corrected chi connectivity index (χ0v) is 8.87. The van der Waals surface area contributed by atoms with Gasteiger partial charge in [-0.25, -0.2) is 0 Å². The molecular formula is C11H12F3NO2. The first-order valence-electron chi connectivity index (χ1n) is 4.97. The number of alkyl halides is 3. The lowest BCUT2D eigenvalue weighted by Crippen LogP contribution is -2.44. The van der Waals surface area contributed by atoms with Crippen LogP contribution in [0.1, 0.15) is 5.56 Å². The molecule has 1 rings (SSSR count). The summed E-state index contributed by atoms with van der Waals surface area (Å²) in [6, 6.07) is 9.00. The highest BCUT2D eigenvalue weighted by atomic mass is 19.4. The number of rotatable bonds is 4. The third-order valence-corrected chi connectivity index (χ3v) is 2.11. The summed E-state index contributed by atoms with van der Waals surface area (Å²) < 4.78 is 35.8. The van der Waals surface area contributed by atoms with E-state index in [9.17, 15) is 18.0 Å². The molecule has 0 fully saturated rings. The first-order valence-corrected chi connectivity index (χ1v) is 4.97. The molecule has 17 heavy (non-hydrogen) atoms. The van der Waals surface area contributed by atoms with Crippen LogP contribution in [0.5, 0.6) is 0 Å². The maximum absolute atomic E-state index is 11.9. The fourth-order valence-corrected chi connectivity index (χ4v) is 1.22. The van der Waals surface area contributed by atoms with Gasteiger partial charge in [-0.15, -0.1) is 0 Å². The van der Waals surface area contributed by atoms with E-state index in [1.165, 1.54) is 0 Å². The number of benzene rings is 1. The van der Waals surface area contributed by atoms with Gasteiger partial charge < -0.3 is 10.4 Å². The van der Waals surface area contributed by atoms with Gasteiger partial charge in [0, 0.05) is 6.54 Å². The van der Waals surface area contributed by atoms with E-state index in [0.717, 1.165) is 5.56 Å². The number of hydrogen-bond acceptors (Lipinski definition) is 2. The molecule has 6 heteroatoms. The molecule has 0 heterocycles. The topological polar surface area (TPSA) is 49.3 Å².